The van der Waals surface area contributed by atoms with Crippen molar-refractivity contribution in [1.82, 2.24) is 15.3 Å². The molecule has 0 saturated heterocycles. The molecular weight excluding hydrogens is 240 g/mol. The van der Waals surface area contributed by atoms with Crippen LogP contribution in [0.15, 0.2) is 12.4 Å². The van der Waals surface area contributed by atoms with Gasteiger partial charge in [-0.25, -0.2) is 4.98 Å². The van der Waals surface area contributed by atoms with E-state index in [4.69, 9.17) is 5.73 Å². The van der Waals surface area contributed by atoms with Gasteiger partial charge in [0.25, 0.3) is 0 Å². The predicted molar refractivity (Wildman–Crippen MR) is 74.4 cm³/mol. The quantitative estimate of drug-likeness (QED) is 0.760. The first-order valence-electron chi connectivity index (χ1n) is 7.20. The molecule has 1 heterocycles. The first-order chi connectivity index (χ1) is 9.13. The second-order valence-electron chi connectivity index (χ2n) is 5.60. The van der Waals surface area contributed by atoms with Crippen molar-refractivity contribution >= 4 is 5.91 Å². The van der Waals surface area contributed by atoms with Crippen molar-refractivity contribution in [2.24, 2.45) is 5.73 Å². The molecule has 1 amide bonds. The number of nitrogens with one attached hydrogen (secondary N) is 2. The third-order valence-electron chi connectivity index (χ3n) is 3.95. The molecule has 19 heavy (non-hydrogen) atoms. The normalized spacial score (nSPS) is 19.9. The van der Waals surface area contributed by atoms with E-state index in [9.17, 15) is 4.79 Å². The number of rotatable bonds is 5. The molecule has 5 nitrogen and oxygen atoms in total. The highest BCUT2D eigenvalue weighted by atomic mass is 16.1. The van der Waals surface area contributed by atoms with Crippen molar-refractivity contribution in [3.63, 3.8) is 0 Å². The molecule has 0 spiro atoms. The Morgan fingerprint density at radius 3 is 2.84 bits per heavy atom. The summed E-state index contributed by atoms with van der Waals surface area (Å²) in [5, 5.41) is 3.03. The molecule has 2 rings (SSSR count). The van der Waals surface area contributed by atoms with Crippen LogP contribution >= 0.6 is 0 Å². The Labute approximate surface area is 114 Å². The zero-order chi connectivity index (χ0) is 13.7. The number of aromatic amines is 1. The lowest BCUT2D eigenvalue weighted by molar-refractivity contribution is -0.123. The van der Waals surface area contributed by atoms with Crippen LogP contribution in [0, 0.1) is 0 Å². The summed E-state index contributed by atoms with van der Waals surface area (Å²) in [6.45, 7) is 2.03. The Kier molecular flexibility index (Phi) is 4.58. The number of nitrogens with zero attached hydrogens (tertiary/aromatic N) is 1. The van der Waals surface area contributed by atoms with Gasteiger partial charge in [-0.05, 0) is 19.3 Å². The molecule has 1 aliphatic carbocycles. The molecule has 0 aromatic carbocycles. The number of imidazole rings is 1. The Bertz CT molecular complexity index is 396. The molecule has 4 N–H and O–H groups in total. The molecule has 0 aliphatic heterocycles. The molecule has 1 saturated carbocycles. The summed E-state index contributed by atoms with van der Waals surface area (Å²) in [4.78, 5) is 19.4. The first kappa shape index (κ1) is 14.1. The third kappa shape index (κ3) is 3.80. The standard InChI is InChI=1S/C14H24N4O/c1-2-11(13-16-8-9-17-13)18-12(19)10-14(15)6-4-3-5-7-14/h8-9,11H,2-7,10,15H2,1H3,(H,16,17)(H,18,19). The van der Waals surface area contributed by atoms with Gasteiger partial charge >= 0.3 is 0 Å². The van der Waals surface area contributed by atoms with Crippen molar-refractivity contribution < 1.29 is 4.79 Å². The van der Waals surface area contributed by atoms with Crippen LogP contribution in [0.25, 0.3) is 0 Å². The molecule has 0 radical (unpaired) electrons. The molecule has 0 bridgehead atoms. The summed E-state index contributed by atoms with van der Waals surface area (Å²) < 4.78 is 0. The number of amides is 1. The molecule has 1 aliphatic rings. The summed E-state index contributed by atoms with van der Waals surface area (Å²) in [5.41, 5.74) is 6.01. The molecule has 1 unspecified atom stereocenters. The molecule has 1 fully saturated rings. The van der Waals surface area contributed by atoms with Gasteiger partial charge in [-0.15, -0.1) is 0 Å². The maximum absolute atomic E-state index is 12.1. The maximum atomic E-state index is 12.1. The van der Waals surface area contributed by atoms with E-state index in [2.05, 4.69) is 15.3 Å². The number of hydrogen-bond donors (Lipinski definition) is 3. The lowest BCUT2D eigenvalue weighted by Crippen LogP contribution is -2.46. The number of nitrogens with two attached hydrogens (primary N) is 1. The number of hydrogen-bond acceptors (Lipinski definition) is 3. The zero-order valence-electron chi connectivity index (χ0n) is 11.6. The van der Waals surface area contributed by atoms with Crippen molar-refractivity contribution in [2.45, 2.75) is 63.5 Å². The fraction of sp³-hybridized carbons (Fsp3) is 0.714. The van der Waals surface area contributed by atoms with Gasteiger partial charge in [0.1, 0.15) is 5.82 Å². The van der Waals surface area contributed by atoms with Gasteiger partial charge in [0, 0.05) is 24.4 Å². The highest BCUT2D eigenvalue weighted by Crippen LogP contribution is 2.28. The Balaban J connectivity index is 1.89. The minimum absolute atomic E-state index is 0.0349. The molecular formula is C14H24N4O. The molecule has 106 valence electrons. The minimum atomic E-state index is -0.302. The van der Waals surface area contributed by atoms with Crippen LogP contribution in [0.3, 0.4) is 0 Å². The van der Waals surface area contributed by atoms with E-state index >= 15 is 0 Å². The summed E-state index contributed by atoms with van der Waals surface area (Å²) in [6.07, 6.45) is 10.1. The van der Waals surface area contributed by atoms with E-state index in [0.717, 1.165) is 37.9 Å². The Morgan fingerprint density at radius 1 is 1.53 bits per heavy atom. The second kappa shape index (κ2) is 6.19. The van der Waals surface area contributed by atoms with Crippen molar-refractivity contribution in [3.05, 3.63) is 18.2 Å². The van der Waals surface area contributed by atoms with Crippen LogP contribution in [0.5, 0.6) is 0 Å². The minimum Gasteiger partial charge on any atom is -0.347 e. The van der Waals surface area contributed by atoms with E-state index in [1.165, 1.54) is 6.42 Å². The van der Waals surface area contributed by atoms with Crippen LogP contribution < -0.4 is 11.1 Å². The van der Waals surface area contributed by atoms with Crippen LogP contribution in [0.4, 0.5) is 0 Å². The molecule has 1 aromatic heterocycles. The predicted octanol–water partition coefficient (Wildman–Crippen LogP) is 2.03. The summed E-state index contributed by atoms with van der Waals surface area (Å²) in [7, 11) is 0. The van der Waals surface area contributed by atoms with Gasteiger partial charge in [0.2, 0.25) is 5.91 Å². The first-order valence-corrected chi connectivity index (χ1v) is 7.20. The van der Waals surface area contributed by atoms with E-state index in [0.29, 0.717) is 6.42 Å². The Morgan fingerprint density at radius 2 is 2.26 bits per heavy atom. The monoisotopic (exact) mass is 264 g/mol. The van der Waals surface area contributed by atoms with Gasteiger partial charge < -0.3 is 16.0 Å². The number of aromatic nitrogens is 2. The van der Waals surface area contributed by atoms with Crippen LogP contribution in [-0.4, -0.2) is 21.4 Å². The van der Waals surface area contributed by atoms with E-state index in [1.807, 2.05) is 6.92 Å². The smallest absolute Gasteiger partial charge is 0.222 e. The number of carbonyl (C=O) groups is 1. The van der Waals surface area contributed by atoms with Gasteiger partial charge in [-0.3, -0.25) is 4.79 Å². The zero-order valence-corrected chi connectivity index (χ0v) is 11.6. The molecule has 1 atom stereocenters. The highest BCUT2D eigenvalue weighted by molar-refractivity contribution is 5.77. The third-order valence-corrected chi connectivity index (χ3v) is 3.95. The SMILES string of the molecule is CCC(NC(=O)CC1(N)CCCCC1)c1ncc[nH]1. The van der Waals surface area contributed by atoms with Crippen molar-refractivity contribution in [1.29, 1.82) is 0 Å². The van der Waals surface area contributed by atoms with Crippen LogP contribution in [0.1, 0.15) is 63.7 Å². The van der Waals surface area contributed by atoms with E-state index in [1.54, 1.807) is 12.4 Å². The molecule has 5 heteroatoms. The lowest BCUT2D eigenvalue weighted by atomic mass is 9.80. The van der Waals surface area contributed by atoms with Gasteiger partial charge in [-0.1, -0.05) is 26.2 Å². The average Bonchev–Trinajstić information content (AvgIpc) is 2.90. The summed E-state index contributed by atoms with van der Waals surface area (Å²) in [6, 6.07) is -0.0466. The summed E-state index contributed by atoms with van der Waals surface area (Å²) >= 11 is 0. The number of carbonyl (C=O) groups excluding carboxylic acids is 1. The van der Waals surface area contributed by atoms with Crippen molar-refractivity contribution in [3.8, 4) is 0 Å². The van der Waals surface area contributed by atoms with Gasteiger partial charge in [0.15, 0.2) is 0 Å². The Hall–Kier alpha value is -1.36. The average molecular weight is 264 g/mol. The molecule has 1 aromatic rings. The number of H-pyrrole nitrogens is 1. The summed E-state index contributed by atoms with van der Waals surface area (Å²) in [5.74, 6) is 0.846. The van der Waals surface area contributed by atoms with E-state index < -0.39 is 0 Å². The largest absolute Gasteiger partial charge is 0.347 e. The van der Waals surface area contributed by atoms with Crippen molar-refractivity contribution in [2.75, 3.05) is 0 Å². The fourth-order valence-corrected chi connectivity index (χ4v) is 2.83. The van der Waals surface area contributed by atoms with Gasteiger partial charge in [0.05, 0.1) is 6.04 Å². The topological polar surface area (TPSA) is 83.8 Å². The van der Waals surface area contributed by atoms with Crippen LogP contribution in [0.2, 0.25) is 0 Å². The highest BCUT2D eigenvalue weighted by Gasteiger charge is 2.30. The second-order valence-corrected chi connectivity index (χ2v) is 5.60. The van der Waals surface area contributed by atoms with Gasteiger partial charge in [-0.2, -0.15) is 0 Å². The lowest BCUT2D eigenvalue weighted by Gasteiger charge is -2.33. The maximum Gasteiger partial charge on any atom is 0.222 e. The fourth-order valence-electron chi connectivity index (χ4n) is 2.83. The van der Waals surface area contributed by atoms with Crippen LogP contribution in [-0.2, 0) is 4.79 Å². The van der Waals surface area contributed by atoms with E-state index in [-0.39, 0.29) is 17.5 Å².